The fraction of sp³-hybridized carbons (Fsp3) is 0.250. The number of anilines is 1. The molecule has 0 aliphatic rings. The third-order valence-corrected chi connectivity index (χ3v) is 5.50. The summed E-state index contributed by atoms with van der Waals surface area (Å²) in [6.45, 7) is 3.68. The lowest BCUT2D eigenvalue weighted by atomic mass is 10.1. The third kappa shape index (κ3) is 6.11. The average molecular weight is 474 g/mol. The molecule has 0 spiro atoms. The van der Waals surface area contributed by atoms with Gasteiger partial charge in [0, 0.05) is 24.4 Å². The summed E-state index contributed by atoms with van der Waals surface area (Å²) in [5.41, 5.74) is 1.48. The van der Waals surface area contributed by atoms with E-state index in [-0.39, 0.29) is 28.8 Å². The molecule has 0 aliphatic heterocycles. The SMILES string of the molecule is CCc1cc(=O)[nH]c(-n2nc(C)cc2NC(=O)C(=O)NCCc2ccc(S(N)(=O)=O)cc2)n1. The Morgan fingerprint density at radius 3 is 2.48 bits per heavy atom. The number of aromatic amines is 1. The molecule has 2 heterocycles. The van der Waals surface area contributed by atoms with Crippen LogP contribution in [0, 0.1) is 6.92 Å². The van der Waals surface area contributed by atoms with E-state index in [0.29, 0.717) is 24.2 Å². The topological polar surface area (TPSA) is 182 Å². The van der Waals surface area contributed by atoms with Crippen LogP contribution in [0.1, 0.15) is 23.9 Å². The summed E-state index contributed by atoms with van der Waals surface area (Å²) < 4.78 is 23.8. The van der Waals surface area contributed by atoms with E-state index in [1.165, 1.54) is 28.9 Å². The van der Waals surface area contributed by atoms with Crippen LogP contribution in [-0.2, 0) is 32.5 Å². The van der Waals surface area contributed by atoms with Crippen LogP contribution in [-0.4, -0.2) is 46.5 Å². The van der Waals surface area contributed by atoms with Crippen molar-refractivity contribution in [3.05, 3.63) is 63.7 Å². The van der Waals surface area contributed by atoms with Crippen LogP contribution in [0.5, 0.6) is 0 Å². The molecule has 0 radical (unpaired) electrons. The fourth-order valence-corrected chi connectivity index (χ4v) is 3.46. The van der Waals surface area contributed by atoms with Crippen LogP contribution in [0.15, 0.2) is 46.1 Å². The van der Waals surface area contributed by atoms with Crippen LogP contribution in [0.25, 0.3) is 5.95 Å². The molecular weight excluding hydrogens is 450 g/mol. The van der Waals surface area contributed by atoms with E-state index in [1.54, 1.807) is 19.1 Å². The minimum absolute atomic E-state index is 0.0122. The maximum Gasteiger partial charge on any atom is 0.314 e. The van der Waals surface area contributed by atoms with E-state index in [4.69, 9.17) is 5.14 Å². The number of carbonyl (C=O) groups excluding carboxylic acids is 2. The van der Waals surface area contributed by atoms with Crippen LogP contribution >= 0.6 is 0 Å². The average Bonchev–Trinajstić information content (AvgIpc) is 3.12. The van der Waals surface area contributed by atoms with E-state index in [2.05, 4.69) is 25.7 Å². The number of hydrogen-bond donors (Lipinski definition) is 4. The van der Waals surface area contributed by atoms with Crippen molar-refractivity contribution in [2.45, 2.75) is 31.6 Å². The van der Waals surface area contributed by atoms with E-state index >= 15 is 0 Å². The Morgan fingerprint density at radius 2 is 1.85 bits per heavy atom. The minimum Gasteiger partial charge on any atom is -0.347 e. The zero-order valence-electron chi connectivity index (χ0n) is 18.0. The molecule has 174 valence electrons. The van der Waals surface area contributed by atoms with Crippen LogP contribution in [0.4, 0.5) is 5.82 Å². The van der Waals surface area contributed by atoms with Gasteiger partial charge in [0.25, 0.3) is 5.56 Å². The van der Waals surface area contributed by atoms with Gasteiger partial charge in [-0.25, -0.2) is 18.5 Å². The number of nitrogens with zero attached hydrogens (tertiary/aromatic N) is 3. The zero-order chi connectivity index (χ0) is 24.2. The van der Waals surface area contributed by atoms with Crippen molar-refractivity contribution in [1.82, 2.24) is 25.1 Å². The van der Waals surface area contributed by atoms with E-state index in [9.17, 15) is 22.8 Å². The molecule has 13 heteroatoms. The van der Waals surface area contributed by atoms with Crippen molar-refractivity contribution in [3.8, 4) is 5.95 Å². The van der Waals surface area contributed by atoms with Gasteiger partial charge in [-0.2, -0.15) is 9.78 Å². The van der Waals surface area contributed by atoms with Crippen LogP contribution in [0.3, 0.4) is 0 Å². The van der Waals surface area contributed by atoms with Gasteiger partial charge in [0.15, 0.2) is 0 Å². The van der Waals surface area contributed by atoms with Crippen molar-refractivity contribution in [1.29, 1.82) is 0 Å². The Hall–Kier alpha value is -3.84. The first-order valence-electron chi connectivity index (χ1n) is 9.95. The first kappa shape index (κ1) is 23.8. The number of nitrogens with one attached hydrogen (secondary N) is 3. The lowest BCUT2D eigenvalue weighted by molar-refractivity contribution is -0.136. The molecule has 0 saturated carbocycles. The Kier molecular flexibility index (Phi) is 7.04. The molecule has 0 fully saturated rings. The molecule has 3 aromatic rings. The number of H-pyrrole nitrogens is 1. The first-order chi connectivity index (χ1) is 15.6. The predicted molar refractivity (Wildman–Crippen MR) is 119 cm³/mol. The number of sulfonamides is 1. The maximum atomic E-state index is 12.4. The number of rotatable bonds is 7. The van der Waals surface area contributed by atoms with Crippen molar-refractivity contribution >= 4 is 27.7 Å². The highest BCUT2D eigenvalue weighted by Gasteiger charge is 2.18. The summed E-state index contributed by atoms with van der Waals surface area (Å²) in [4.78, 5) is 43.3. The van der Waals surface area contributed by atoms with Crippen LogP contribution < -0.4 is 21.3 Å². The fourth-order valence-electron chi connectivity index (χ4n) is 2.94. The van der Waals surface area contributed by atoms with Gasteiger partial charge in [0.1, 0.15) is 5.82 Å². The van der Waals surface area contributed by atoms with Gasteiger partial charge >= 0.3 is 11.8 Å². The van der Waals surface area contributed by atoms with E-state index < -0.39 is 21.8 Å². The zero-order valence-corrected chi connectivity index (χ0v) is 18.8. The Balaban J connectivity index is 1.63. The lowest BCUT2D eigenvalue weighted by Crippen LogP contribution is -2.37. The summed E-state index contributed by atoms with van der Waals surface area (Å²) in [7, 11) is -3.78. The third-order valence-electron chi connectivity index (χ3n) is 4.58. The highest BCUT2D eigenvalue weighted by atomic mass is 32.2. The summed E-state index contributed by atoms with van der Waals surface area (Å²) in [5.74, 6) is -1.51. The predicted octanol–water partition coefficient (Wildman–Crippen LogP) is -0.229. The standard InChI is InChI=1S/C20H23N7O5S/c1-3-14-11-17(28)25-20(23-14)27-16(10-12(2)26-27)24-19(30)18(29)22-9-8-13-4-6-15(7-5-13)33(21,31)32/h4-7,10-11H,3,8-9H2,1-2H3,(H,22,29)(H,24,30)(H2,21,31,32)(H,23,25,28). The van der Waals surface area contributed by atoms with Crippen molar-refractivity contribution < 1.29 is 18.0 Å². The van der Waals surface area contributed by atoms with Gasteiger partial charge < -0.3 is 10.6 Å². The quantitative estimate of drug-likeness (QED) is 0.342. The number of hydrogen-bond acceptors (Lipinski definition) is 7. The van der Waals surface area contributed by atoms with Gasteiger partial charge in [-0.15, -0.1) is 0 Å². The lowest BCUT2D eigenvalue weighted by Gasteiger charge is -2.09. The second-order valence-electron chi connectivity index (χ2n) is 7.15. The van der Waals surface area contributed by atoms with Crippen molar-refractivity contribution in [2.75, 3.05) is 11.9 Å². The van der Waals surface area contributed by atoms with Gasteiger partial charge in [0.05, 0.1) is 10.6 Å². The normalized spacial score (nSPS) is 11.2. The molecule has 2 amide bonds. The molecule has 5 N–H and O–H groups in total. The summed E-state index contributed by atoms with van der Waals surface area (Å²) >= 11 is 0. The number of aryl methyl sites for hydroxylation is 2. The van der Waals surface area contributed by atoms with Gasteiger partial charge in [-0.05, 0) is 37.5 Å². The molecule has 0 saturated heterocycles. The number of benzene rings is 1. The second-order valence-corrected chi connectivity index (χ2v) is 8.71. The second kappa shape index (κ2) is 9.75. The number of aromatic nitrogens is 4. The molecule has 33 heavy (non-hydrogen) atoms. The number of amides is 2. The molecule has 2 aromatic heterocycles. The molecule has 0 bridgehead atoms. The van der Waals surface area contributed by atoms with Crippen molar-refractivity contribution in [3.63, 3.8) is 0 Å². The first-order valence-corrected chi connectivity index (χ1v) is 11.5. The molecule has 12 nitrogen and oxygen atoms in total. The smallest absolute Gasteiger partial charge is 0.314 e. The largest absolute Gasteiger partial charge is 0.347 e. The van der Waals surface area contributed by atoms with Crippen LogP contribution in [0.2, 0.25) is 0 Å². The Labute approximate surface area is 189 Å². The Morgan fingerprint density at radius 1 is 1.15 bits per heavy atom. The highest BCUT2D eigenvalue weighted by Crippen LogP contribution is 2.14. The highest BCUT2D eigenvalue weighted by molar-refractivity contribution is 7.89. The number of primary sulfonamides is 1. The minimum atomic E-state index is -3.78. The van der Waals surface area contributed by atoms with Gasteiger partial charge in [-0.3, -0.25) is 19.4 Å². The molecule has 3 rings (SSSR count). The number of nitrogens with two attached hydrogens (primary N) is 1. The van der Waals surface area contributed by atoms with Gasteiger partial charge in [0.2, 0.25) is 16.0 Å². The molecular formula is C20H23N7O5S. The monoisotopic (exact) mass is 473 g/mol. The summed E-state index contributed by atoms with van der Waals surface area (Å²) in [5, 5.41) is 14.2. The van der Waals surface area contributed by atoms with E-state index in [0.717, 1.165) is 5.56 Å². The Bertz CT molecular complexity index is 1340. The molecule has 1 aromatic carbocycles. The van der Waals surface area contributed by atoms with Gasteiger partial charge in [-0.1, -0.05) is 19.1 Å². The van der Waals surface area contributed by atoms with Crippen molar-refractivity contribution in [2.24, 2.45) is 5.14 Å². The number of carbonyl (C=O) groups is 2. The summed E-state index contributed by atoms with van der Waals surface area (Å²) in [6, 6.07) is 8.80. The molecule has 0 aliphatic carbocycles. The van der Waals surface area contributed by atoms with E-state index in [1.807, 2.05) is 6.92 Å². The molecule has 0 atom stereocenters. The molecule has 0 unspecified atom stereocenters. The maximum absolute atomic E-state index is 12.4. The summed E-state index contributed by atoms with van der Waals surface area (Å²) in [6.07, 6.45) is 0.905.